The molecule has 0 heterocycles. The number of hydrazine groups is 1. The molecule has 21 heavy (non-hydrogen) atoms. The van der Waals surface area contributed by atoms with Crippen LogP contribution in [0.2, 0.25) is 0 Å². The molecule has 1 aromatic rings. The third-order valence-electron chi connectivity index (χ3n) is 4.26. The number of amides is 1. The van der Waals surface area contributed by atoms with Gasteiger partial charge < -0.3 is 0 Å². The van der Waals surface area contributed by atoms with Gasteiger partial charge in [-0.25, -0.2) is 10.2 Å². The molecule has 2 aliphatic rings. The quantitative estimate of drug-likeness (QED) is 0.459. The second-order valence-corrected chi connectivity index (χ2v) is 6.36. The zero-order valence-corrected chi connectivity index (χ0v) is 12.1. The molecule has 2 aliphatic carbocycles. The maximum atomic E-state index is 14.0. The van der Waals surface area contributed by atoms with Gasteiger partial charge in [-0.1, -0.05) is 0 Å². The molecule has 2 fully saturated rings. The lowest BCUT2D eigenvalue weighted by Crippen LogP contribution is -2.31. The van der Waals surface area contributed by atoms with Crippen LogP contribution >= 0.6 is 0 Å². The monoisotopic (exact) mass is 291 g/mol. The Bertz CT molecular complexity index is 512. The molecule has 1 amide bonds. The van der Waals surface area contributed by atoms with E-state index in [1.54, 1.807) is 6.07 Å². The number of nitrogens with two attached hydrogens (primary N) is 1. The number of carbonyl (C=O) groups excluding carboxylic acids is 1. The molecule has 3 N–H and O–H groups in total. The lowest BCUT2D eigenvalue weighted by atomic mass is 10.1. The number of nitrogens with one attached hydrogen (secondary N) is 1. The van der Waals surface area contributed by atoms with E-state index in [9.17, 15) is 9.18 Å². The molecule has 5 heteroatoms. The predicted octanol–water partition coefficient (Wildman–Crippen LogP) is 2.05. The van der Waals surface area contributed by atoms with Crippen molar-refractivity contribution in [2.75, 3.05) is 13.1 Å². The Morgan fingerprint density at radius 3 is 2.38 bits per heavy atom. The number of benzene rings is 1. The largest absolute Gasteiger partial charge is 0.298 e. The number of nitrogens with zero attached hydrogens (tertiary/aromatic N) is 1. The molecule has 0 aliphatic heterocycles. The van der Waals surface area contributed by atoms with Crippen molar-refractivity contribution in [3.8, 4) is 0 Å². The normalized spacial score (nSPS) is 18.0. The minimum absolute atomic E-state index is 0.250. The average molecular weight is 291 g/mol. The second kappa shape index (κ2) is 6.12. The highest BCUT2D eigenvalue weighted by Crippen LogP contribution is 2.34. The van der Waals surface area contributed by atoms with Crippen LogP contribution < -0.4 is 11.3 Å². The molecule has 114 valence electrons. The Morgan fingerprint density at radius 1 is 1.24 bits per heavy atom. The summed E-state index contributed by atoms with van der Waals surface area (Å²) in [7, 11) is 0. The van der Waals surface area contributed by atoms with Gasteiger partial charge in [0.2, 0.25) is 0 Å². The van der Waals surface area contributed by atoms with Crippen molar-refractivity contribution in [1.29, 1.82) is 0 Å². The van der Waals surface area contributed by atoms with Crippen molar-refractivity contribution in [2.45, 2.75) is 32.2 Å². The van der Waals surface area contributed by atoms with Crippen LogP contribution in [0.5, 0.6) is 0 Å². The van der Waals surface area contributed by atoms with Crippen molar-refractivity contribution >= 4 is 5.91 Å². The van der Waals surface area contributed by atoms with E-state index in [4.69, 9.17) is 5.84 Å². The van der Waals surface area contributed by atoms with Crippen molar-refractivity contribution in [3.05, 3.63) is 35.1 Å². The Hall–Kier alpha value is -1.46. The number of hydrogen-bond acceptors (Lipinski definition) is 3. The van der Waals surface area contributed by atoms with Gasteiger partial charge in [-0.15, -0.1) is 0 Å². The molecule has 1 aromatic carbocycles. The van der Waals surface area contributed by atoms with Gasteiger partial charge in [-0.3, -0.25) is 15.1 Å². The van der Waals surface area contributed by atoms with Gasteiger partial charge >= 0.3 is 0 Å². The summed E-state index contributed by atoms with van der Waals surface area (Å²) in [5.74, 6) is 6.07. The van der Waals surface area contributed by atoms with Crippen molar-refractivity contribution in [1.82, 2.24) is 10.3 Å². The fraction of sp³-hybridized carbons (Fsp3) is 0.562. The molecule has 0 spiro atoms. The lowest BCUT2D eigenvalue weighted by molar-refractivity contribution is 0.0953. The Kier molecular flexibility index (Phi) is 4.22. The first kappa shape index (κ1) is 14.5. The van der Waals surface area contributed by atoms with Crippen LogP contribution in [0.1, 0.15) is 41.6 Å². The summed E-state index contributed by atoms with van der Waals surface area (Å²) in [4.78, 5) is 13.9. The van der Waals surface area contributed by atoms with E-state index in [-0.39, 0.29) is 11.7 Å². The van der Waals surface area contributed by atoms with Crippen molar-refractivity contribution in [2.24, 2.45) is 17.7 Å². The third-order valence-corrected chi connectivity index (χ3v) is 4.26. The average Bonchev–Trinajstić information content (AvgIpc) is 3.37. The van der Waals surface area contributed by atoms with Crippen LogP contribution in [0.15, 0.2) is 18.2 Å². The predicted molar refractivity (Wildman–Crippen MR) is 78.8 cm³/mol. The van der Waals surface area contributed by atoms with E-state index in [1.807, 2.05) is 0 Å². The van der Waals surface area contributed by atoms with Crippen LogP contribution in [0, 0.1) is 17.7 Å². The molecule has 2 saturated carbocycles. The first-order valence-corrected chi connectivity index (χ1v) is 7.67. The molecule has 0 aromatic heterocycles. The number of hydrogen-bond donors (Lipinski definition) is 2. The molecular formula is C16H22FN3O. The SMILES string of the molecule is NNC(=O)c1ccc(F)c(CN(CC2CC2)CC2CC2)c1. The van der Waals surface area contributed by atoms with Crippen LogP contribution in [-0.2, 0) is 6.54 Å². The van der Waals surface area contributed by atoms with Crippen molar-refractivity contribution < 1.29 is 9.18 Å². The smallest absolute Gasteiger partial charge is 0.265 e. The zero-order valence-electron chi connectivity index (χ0n) is 12.1. The molecule has 4 nitrogen and oxygen atoms in total. The van der Waals surface area contributed by atoms with Crippen LogP contribution in [0.25, 0.3) is 0 Å². The molecule has 0 saturated heterocycles. The summed E-state index contributed by atoms with van der Waals surface area (Å²) in [6, 6.07) is 4.43. The molecule has 0 atom stereocenters. The summed E-state index contributed by atoms with van der Waals surface area (Å²) >= 11 is 0. The topological polar surface area (TPSA) is 58.4 Å². The Balaban J connectivity index is 1.71. The van der Waals surface area contributed by atoms with Crippen LogP contribution in [0.4, 0.5) is 4.39 Å². The van der Waals surface area contributed by atoms with E-state index in [2.05, 4.69) is 10.3 Å². The molecule has 0 bridgehead atoms. The molecule has 3 rings (SSSR count). The minimum Gasteiger partial charge on any atom is -0.298 e. The fourth-order valence-corrected chi connectivity index (χ4v) is 2.70. The van der Waals surface area contributed by atoms with Gasteiger partial charge in [0.15, 0.2) is 0 Å². The third kappa shape index (κ3) is 4.02. The Morgan fingerprint density at radius 2 is 1.86 bits per heavy atom. The summed E-state index contributed by atoms with van der Waals surface area (Å²) < 4.78 is 14.0. The molecule has 0 radical (unpaired) electrons. The van der Waals surface area contributed by atoms with Gasteiger partial charge in [0.1, 0.15) is 5.82 Å². The van der Waals surface area contributed by atoms with Gasteiger partial charge in [0.25, 0.3) is 5.91 Å². The van der Waals surface area contributed by atoms with E-state index < -0.39 is 0 Å². The second-order valence-electron chi connectivity index (χ2n) is 6.36. The van der Waals surface area contributed by atoms with E-state index in [0.717, 1.165) is 24.9 Å². The van der Waals surface area contributed by atoms with Crippen LogP contribution in [0.3, 0.4) is 0 Å². The highest BCUT2D eigenvalue weighted by Gasteiger charge is 2.29. The molecule has 0 unspecified atom stereocenters. The first-order chi connectivity index (χ1) is 10.2. The lowest BCUT2D eigenvalue weighted by Gasteiger charge is -2.22. The number of carbonyl (C=O) groups is 1. The van der Waals surface area contributed by atoms with E-state index in [0.29, 0.717) is 17.7 Å². The standard InChI is InChI=1S/C16H22FN3O/c17-15-6-5-13(16(21)19-18)7-14(15)10-20(8-11-1-2-11)9-12-3-4-12/h5-7,11-12H,1-4,8-10,18H2,(H,19,21). The maximum Gasteiger partial charge on any atom is 0.265 e. The van der Waals surface area contributed by atoms with E-state index in [1.165, 1.54) is 37.8 Å². The van der Waals surface area contributed by atoms with Gasteiger partial charge in [-0.2, -0.15) is 0 Å². The minimum atomic E-state index is -0.382. The van der Waals surface area contributed by atoms with E-state index >= 15 is 0 Å². The summed E-state index contributed by atoms with van der Waals surface area (Å²) in [6.45, 7) is 2.66. The number of halogens is 1. The van der Waals surface area contributed by atoms with Gasteiger partial charge in [-0.05, 0) is 55.7 Å². The van der Waals surface area contributed by atoms with Crippen molar-refractivity contribution in [3.63, 3.8) is 0 Å². The number of rotatable bonds is 7. The summed E-state index contributed by atoms with van der Waals surface area (Å²) in [5.41, 5.74) is 3.08. The summed E-state index contributed by atoms with van der Waals surface area (Å²) in [5, 5.41) is 0. The highest BCUT2D eigenvalue weighted by atomic mass is 19.1. The van der Waals surface area contributed by atoms with Crippen LogP contribution in [-0.4, -0.2) is 23.9 Å². The Labute approximate surface area is 124 Å². The van der Waals surface area contributed by atoms with Gasteiger partial charge in [0.05, 0.1) is 0 Å². The highest BCUT2D eigenvalue weighted by molar-refractivity contribution is 5.93. The summed E-state index contributed by atoms with van der Waals surface area (Å²) in [6.07, 6.45) is 5.16. The molecular weight excluding hydrogens is 269 g/mol. The first-order valence-electron chi connectivity index (χ1n) is 7.67. The fourth-order valence-electron chi connectivity index (χ4n) is 2.70. The van der Waals surface area contributed by atoms with Gasteiger partial charge in [0, 0.05) is 30.8 Å². The zero-order chi connectivity index (χ0) is 14.8. The number of nitrogen functional groups attached to an aromatic ring is 1. The maximum absolute atomic E-state index is 14.0.